The van der Waals surface area contributed by atoms with Crippen molar-refractivity contribution < 1.29 is 9.59 Å². The van der Waals surface area contributed by atoms with Crippen LogP contribution in [0.15, 0.2) is 34.8 Å². The van der Waals surface area contributed by atoms with E-state index in [-0.39, 0.29) is 11.8 Å². The van der Waals surface area contributed by atoms with Crippen molar-refractivity contribution in [2.75, 3.05) is 6.54 Å². The molecule has 25 heavy (non-hydrogen) atoms. The molecular formula is C19H24BrN3O2. The lowest BCUT2D eigenvalue weighted by Gasteiger charge is -2.14. The van der Waals surface area contributed by atoms with Gasteiger partial charge in [-0.05, 0) is 57.5 Å². The predicted octanol–water partition coefficient (Wildman–Crippen LogP) is 3.50. The van der Waals surface area contributed by atoms with Gasteiger partial charge in [0.05, 0.1) is 5.56 Å². The van der Waals surface area contributed by atoms with Crippen LogP contribution >= 0.6 is 15.9 Å². The van der Waals surface area contributed by atoms with Crippen molar-refractivity contribution in [1.29, 1.82) is 0 Å². The molecule has 0 radical (unpaired) electrons. The molecule has 1 unspecified atom stereocenters. The molecule has 2 rings (SSSR count). The molecule has 0 saturated carbocycles. The van der Waals surface area contributed by atoms with Crippen molar-refractivity contribution in [3.63, 3.8) is 0 Å². The van der Waals surface area contributed by atoms with Gasteiger partial charge in [-0.25, -0.2) is 0 Å². The predicted molar refractivity (Wildman–Crippen MR) is 103 cm³/mol. The molecule has 0 aliphatic rings. The van der Waals surface area contributed by atoms with Crippen LogP contribution in [0.4, 0.5) is 0 Å². The molecule has 0 bridgehead atoms. The number of nitrogens with one attached hydrogen (secondary N) is 2. The smallest absolute Gasteiger partial charge is 0.253 e. The zero-order valence-electron chi connectivity index (χ0n) is 15.0. The highest BCUT2D eigenvalue weighted by Crippen LogP contribution is 2.22. The third kappa shape index (κ3) is 4.51. The number of halogens is 1. The van der Waals surface area contributed by atoms with Gasteiger partial charge in [-0.2, -0.15) is 0 Å². The van der Waals surface area contributed by atoms with Crippen molar-refractivity contribution in [3.05, 3.63) is 51.8 Å². The van der Waals surface area contributed by atoms with Crippen molar-refractivity contribution in [3.8, 4) is 5.69 Å². The van der Waals surface area contributed by atoms with Gasteiger partial charge in [0, 0.05) is 28.1 Å². The van der Waals surface area contributed by atoms with E-state index in [0.29, 0.717) is 12.1 Å². The van der Waals surface area contributed by atoms with E-state index in [9.17, 15) is 9.59 Å². The van der Waals surface area contributed by atoms with E-state index in [1.807, 2.05) is 55.7 Å². The standard InChI is InChI=1S/C19H24BrN3O2/c1-5-10-21-18(24)13(3)22-19(25)17-11-12(2)23(14(17)4)16-8-6-15(20)7-9-16/h6-9,11,13H,5,10H2,1-4H3,(H,21,24)(H,22,25). The molecule has 2 aromatic rings. The molecule has 2 amide bonds. The van der Waals surface area contributed by atoms with Gasteiger partial charge in [-0.3, -0.25) is 9.59 Å². The van der Waals surface area contributed by atoms with E-state index < -0.39 is 6.04 Å². The first-order valence-electron chi connectivity index (χ1n) is 8.38. The summed E-state index contributed by atoms with van der Waals surface area (Å²) in [5.41, 5.74) is 3.38. The Kier molecular flexibility index (Phi) is 6.42. The van der Waals surface area contributed by atoms with Gasteiger partial charge >= 0.3 is 0 Å². The second-order valence-electron chi connectivity index (χ2n) is 6.08. The lowest BCUT2D eigenvalue weighted by molar-refractivity contribution is -0.122. The monoisotopic (exact) mass is 405 g/mol. The zero-order valence-corrected chi connectivity index (χ0v) is 16.6. The third-order valence-corrected chi connectivity index (χ3v) is 4.58. The second-order valence-corrected chi connectivity index (χ2v) is 7.00. The molecule has 0 aliphatic heterocycles. The number of nitrogens with zero attached hydrogens (tertiary/aromatic N) is 1. The van der Waals surface area contributed by atoms with Crippen molar-refractivity contribution >= 4 is 27.7 Å². The Morgan fingerprint density at radius 1 is 1.20 bits per heavy atom. The van der Waals surface area contributed by atoms with Crippen LogP contribution in [0.5, 0.6) is 0 Å². The fraction of sp³-hybridized carbons (Fsp3) is 0.368. The van der Waals surface area contributed by atoms with Crippen molar-refractivity contribution in [2.45, 2.75) is 40.2 Å². The summed E-state index contributed by atoms with van der Waals surface area (Å²) in [5, 5.41) is 5.56. The number of aryl methyl sites for hydroxylation is 1. The average molecular weight is 406 g/mol. The minimum absolute atomic E-state index is 0.170. The van der Waals surface area contributed by atoms with Crippen LogP contribution in [-0.2, 0) is 4.79 Å². The maximum Gasteiger partial charge on any atom is 0.253 e. The van der Waals surface area contributed by atoms with Gasteiger partial charge in [0.2, 0.25) is 5.91 Å². The van der Waals surface area contributed by atoms with Crippen LogP contribution in [-0.4, -0.2) is 29.0 Å². The molecular weight excluding hydrogens is 382 g/mol. The fourth-order valence-electron chi connectivity index (χ4n) is 2.72. The van der Waals surface area contributed by atoms with E-state index in [4.69, 9.17) is 0 Å². The Morgan fingerprint density at radius 2 is 1.84 bits per heavy atom. The number of aromatic nitrogens is 1. The Hall–Kier alpha value is -2.08. The normalized spacial score (nSPS) is 11.9. The molecule has 1 aromatic heterocycles. The number of amides is 2. The van der Waals surface area contributed by atoms with Gasteiger partial charge in [-0.1, -0.05) is 22.9 Å². The van der Waals surface area contributed by atoms with Gasteiger partial charge in [-0.15, -0.1) is 0 Å². The van der Waals surface area contributed by atoms with E-state index in [0.717, 1.165) is 28.0 Å². The third-order valence-electron chi connectivity index (χ3n) is 4.05. The van der Waals surface area contributed by atoms with Crippen LogP contribution < -0.4 is 10.6 Å². The molecule has 5 nitrogen and oxygen atoms in total. The summed E-state index contributed by atoms with van der Waals surface area (Å²) in [6.07, 6.45) is 0.862. The summed E-state index contributed by atoms with van der Waals surface area (Å²) in [5.74, 6) is -0.410. The summed E-state index contributed by atoms with van der Waals surface area (Å²) in [7, 11) is 0. The van der Waals surface area contributed by atoms with Crippen LogP contribution in [0.2, 0.25) is 0 Å². The number of rotatable bonds is 6. The second kappa shape index (κ2) is 8.34. The van der Waals surface area contributed by atoms with E-state index in [2.05, 4.69) is 26.6 Å². The topological polar surface area (TPSA) is 63.1 Å². The molecule has 0 saturated heterocycles. The summed E-state index contributed by atoms with van der Waals surface area (Å²) < 4.78 is 3.03. The Morgan fingerprint density at radius 3 is 2.44 bits per heavy atom. The number of benzene rings is 1. The lowest BCUT2D eigenvalue weighted by Crippen LogP contribution is -2.45. The molecule has 6 heteroatoms. The van der Waals surface area contributed by atoms with E-state index in [1.165, 1.54) is 0 Å². The first kappa shape index (κ1) is 19.2. The molecule has 1 heterocycles. The van der Waals surface area contributed by atoms with Crippen LogP contribution in [0, 0.1) is 13.8 Å². The summed E-state index contributed by atoms with van der Waals surface area (Å²) >= 11 is 3.43. The summed E-state index contributed by atoms with van der Waals surface area (Å²) in [6, 6.07) is 9.19. The largest absolute Gasteiger partial charge is 0.354 e. The first-order valence-corrected chi connectivity index (χ1v) is 9.18. The lowest BCUT2D eigenvalue weighted by atomic mass is 10.2. The van der Waals surface area contributed by atoms with Gasteiger partial charge in [0.15, 0.2) is 0 Å². The average Bonchev–Trinajstić information content (AvgIpc) is 2.88. The molecule has 134 valence electrons. The van der Waals surface area contributed by atoms with E-state index >= 15 is 0 Å². The highest BCUT2D eigenvalue weighted by Gasteiger charge is 2.20. The molecule has 0 spiro atoms. The van der Waals surface area contributed by atoms with Crippen molar-refractivity contribution in [1.82, 2.24) is 15.2 Å². The molecule has 2 N–H and O–H groups in total. The van der Waals surface area contributed by atoms with Gasteiger partial charge < -0.3 is 15.2 Å². The summed E-state index contributed by atoms with van der Waals surface area (Å²) in [6.45, 7) is 8.16. The minimum Gasteiger partial charge on any atom is -0.354 e. The zero-order chi connectivity index (χ0) is 18.6. The number of carbonyl (C=O) groups is 2. The molecule has 1 atom stereocenters. The first-order chi connectivity index (χ1) is 11.8. The minimum atomic E-state index is -0.574. The SMILES string of the molecule is CCCNC(=O)C(C)NC(=O)c1cc(C)n(-c2ccc(Br)cc2)c1C. The van der Waals surface area contributed by atoms with Gasteiger partial charge in [0.1, 0.15) is 6.04 Å². The van der Waals surface area contributed by atoms with Gasteiger partial charge in [0.25, 0.3) is 5.91 Å². The van der Waals surface area contributed by atoms with Crippen LogP contribution in [0.25, 0.3) is 5.69 Å². The maximum absolute atomic E-state index is 12.6. The van der Waals surface area contributed by atoms with Crippen LogP contribution in [0.1, 0.15) is 42.0 Å². The summed E-state index contributed by atoms with van der Waals surface area (Å²) in [4.78, 5) is 24.5. The fourth-order valence-corrected chi connectivity index (χ4v) is 2.99. The maximum atomic E-state index is 12.6. The quantitative estimate of drug-likeness (QED) is 0.772. The molecule has 0 fully saturated rings. The Bertz CT molecular complexity index is 766. The number of hydrogen-bond donors (Lipinski definition) is 2. The Balaban J connectivity index is 2.20. The molecule has 0 aliphatic carbocycles. The number of hydrogen-bond acceptors (Lipinski definition) is 2. The van der Waals surface area contributed by atoms with Crippen LogP contribution in [0.3, 0.4) is 0 Å². The molecule has 1 aromatic carbocycles. The highest BCUT2D eigenvalue weighted by molar-refractivity contribution is 9.10. The van der Waals surface area contributed by atoms with E-state index in [1.54, 1.807) is 6.92 Å². The Labute approximate surface area is 156 Å². The number of carbonyl (C=O) groups excluding carboxylic acids is 2. The van der Waals surface area contributed by atoms with Crippen molar-refractivity contribution in [2.24, 2.45) is 0 Å². The highest BCUT2D eigenvalue weighted by atomic mass is 79.9.